The smallest absolute Gasteiger partial charge is 0.295 e. The topological polar surface area (TPSA) is 97.5 Å². The predicted octanol–water partition coefficient (Wildman–Crippen LogP) is 2.80. The minimum atomic E-state index is -0.697. The lowest BCUT2D eigenvalue weighted by molar-refractivity contribution is -0.139. The van der Waals surface area contributed by atoms with Gasteiger partial charge in [-0.2, -0.15) is 0 Å². The van der Waals surface area contributed by atoms with Crippen molar-refractivity contribution in [3.63, 3.8) is 0 Å². The van der Waals surface area contributed by atoms with Crippen molar-refractivity contribution in [2.75, 3.05) is 13.7 Å². The number of Topliss-reactive ketones (excluding diaryl/α,β-unsaturated/α-hetero) is 1. The fourth-order valence-corrected chi connectivity index (χ4v) is 3.75. The van der Waals surface area contributed by atoms with Crippen LogP contribution in [0.3, 0.4) is 0 Å². The number of rotatable bonds is 7. The van der Waals surface area contributed by atoms with Crippen molar-refractivity contribution < 1.29 is 19.4 Å². The number of methoxy groups -OCH3 is 1. The first kappa shape index (κ1) is 20.3. The van der Waals surface area contributed by atoms with E-state index < -0.39 is 17.7 Å². The van der Waals surface area contributed by atoms with Gasteiger partial charge in [0.2, 0.25) is 0 Å². The van der Waals surface area contributed by atoms with Gasteiger partial charge in [0.05, 0.1) is 25.1 Å². The van der Waals surface area contributed by atoms with E-state index in [-0.39, 0.29) is 11.3 Å². The zero-order valence-corrected chi connectivity index (χ0v) is 17.0. The van der Waals surface area contributed by atoms with Crippen LogP contribution in [0, 0.1) is 0 Å². The summed E-state index contributed by atoms with van der Waals surface area (Å²) in [6.07, 6.45) is 8.93. The van der Waals surface area contributed by atoms with Gasteiger partial charge in [0.1, 0.15) is 11.5 Å². The second-order valence-corrected chi connectivity index (χ2v) is 7.16. The zero-order valence-electron chi connectivity index (χ0n) is 17.0. The highest BCUT2D eigenvalue weighted by Gasteiger charge is 2.45. The summed E-state index contributed by atoms with van der Waals surface area (Å²) >= 11 is 0. The number of aromatic nitrogens is 3. The lowest BCUT2D eigenvalue weighted by Gasteiger charge is -2.25. The van der Waals surface area contributed by atoms with E-state index in [1.807, 2.05) is 10.8 Å². The molecule has 1 N–H and O–H groups in total. The summed E-state index contributed by atoms with van der Waals surface area (Å²) in [4.78, 5) is 35.4. The quantitative estimate of drug-likeness (QED) is 0.360. The molecular weight excluding hydrogens is 396 g/mol. The van der Waals surface area contributed by atoms with E-state index in [9.17, 15) is 14.7 Å². The number of carbonyl (C=O) groups is 2. The standard InChI is InChI=1S/C23H22N4O4/c1-31-18-5-3-16(4-6-18)20-19(21(28)17-7-9-24-10-8-17)22(29)23(30)27(20)13-2-12-26-14-11-25-15-26/h3-11,14-15,20,28H,2,12-13H2,1H3. The monoisotopic (exact) mass is 418 g/mol. The van der Waals surface area contributed by atoms with Crippen molar-refractivity contribution in [2.45, 2.75) is 19.0 Å². The number of carbonyl (C=O) groups excluding carboxylic acids is 2. The highest BCUT2D eigenvalue weighted by molar-refractivity contribution is 6.46. The Balaban J connectivity index is 1.72. The van der Waals surface area contributed by atoms with Gasteiger partial charge in [-0.1, -0.05) is 12.1 Å². The number of aliphatic hydroxyl groups excluding tert-OH is 1. The van der Waals surface area contributed by atoms with Gasteiger partial charge in [-0.15, -0.1) is 0 Å². The lowest BCUT2D eigenvalue weighted by Crippen LogP contribution is -2.31. The summed E-state index contributed by atoms with van der Waals surface area (Å²) in [5.74, 6) is -0.867. The highest BCUT2D eigenvalue weighted by atomic mass is 16.5. The first-order valence-corrected chi connectivity index (χ1v) is 9.88. The molecule has 3 heterocycles. The van der Waals surface area contributed by atoms with Crippen LogP contribution >= 0.6 is 0 Å². The molecular formula is C23H22N4O4. The van der Waals surface area contributed by atoms with E-state index in [2.05, 4.69) is 9.97 Å². The highest BCUT2D eigenvalue weighted by Crippen LogP contribution is 2.39. The number of imidazole rings is 1. The summed E-state index contributed by atoms with van der Waals surface area (Å²) in [6.45, 7) is 1.01. The molecule has 31 heavy (non-hydrogen) atoms. The van der Waals surface area contributed by atoms with Crippen molar-refractivity contribution in [2.24, 2.45) is 0 Å². The maximum Gasteiger partial charge on any atom is 0.295 e. The van der Waals surface area contributed by atoms with Crippen LogP contribution in [0.2, 0.25) is 0 Å². The van der Waals surface area contributed by atoms with E-state index in [0.717, 1.165) is 5.56 Å². The number of benzene rings is 1. The first-order valence-electron chi connectivity index (χ1n) is 9.88. The zero-order chi connectivity index (χ0) is 21.8. The van der Waals surface area contributed by atoms with Crippen molar-refractivity contribution in [1.29, 1.82) is 0 Å². The molecule has 0 bridgehead atoms. The number of nitrogens with zero attached hydrogens (tertiary/aromatic N) is 4. The summed E-state index contributed by atoms with van der Waals surface area (Å²) < 4.78 is 7.14. The Hall–Kier alpha value is -3.94. The molecule has 8 heteroatoms. The van der Waals surface area contributed by atoms with Crippen LogP contribution in [-0.4, -0.2) is 49.9 Å². The molecule has 1 aliphatic heterocycles. The summed E-state index contributed by atoms with van der Waals surface area (Å²) in [5.41, 5.74) is 1.23. The van der Waals surface area contributed by atoms with E-state index in [1.54, 1.807) is 56.0 Å². The van der Waals surface area contributed by atoms with E-state index in [1.165, 1.54) is 17.3 Å². The van der Waals surface area contributed by atoms with E-state index in [4.69, 9.17) is 4.74 Å². The van der Waals surface area contributed by atoms with Crippen LogP contribution < -0.4 is 4.74 Å². The number of likely N-dealkylation sites (tertiary alicyclic amines) is 1. The van der Waals surface area contributed by atoms with Crippen molar-refractivity contribution in [3.05, 3.63) is 84.2 Å². The molecule has 3 aromatic rings. The van der Waals surface area contributed by atoms with Crippen LogP contribution in [0.5, 0.6) is 5.75 Å². The molecule has 2 aromatic heterocycles. The van der Waals surface area contributed by atoms with Gasteiger partial charge in [0.25, 0.3) is 11.7 Å². The van der Waals surface area contributed by atoms with Gasteiger partial charge in [-0.3, -0.25) is 14.6 Å². The average molecular weight is 418 g/mol. The maximum absolute atomic E-state index is 13.0. The van der Waals surface area contributed by atoms with Gasteiger partial charge < -0.3 is 19.3 Å². The van der Waals surface area contributed by atoms with Crippen molar-refractivity contribution in [3.8, 4) is 5.75 Å². The predicted molar refractivity (Wildman–Crippen MR) is 113 cm³/mol. The average Bonchev–Trinajstić information content (AvgIpc) is 3.41. The number of aliphatic hydroxyl groups is 1. The Morgan fingerprint density at radius 3 is 2.42 bits per heavy atom. The van der Waals surface area contributed by atoms with Crippen molar-refractivity contribution in [1.82, 2.24) is 19.4 Å². The van der Waals surface area contributed by atoms with Crippen molar-refractivity contribution >= 4 is 17.4 Å². The molecule has 0 aliphatic carbocycles. The fourth-order valence-electron chi connectivity index (χ4n) is 3.75. The van der Waals surface area contributed by atoms with Crippen LogP contribution in [-0.2, 0) is 16.1 Å². The molecule has 1 unspecified atom stereocenters. The third kappa shape index (κ3) is 4.05. The van der Waals surface area contributed by atoms with E-state index in [0.29, 0.717) is 30.8 Å². The molecule has 0 saturated carbocycles. The van der Waals surface area contributed by atoms with Crippen LogP contribution in [0.4, 0.5) is 0 Å². The lowest BCUT2D eigenvalue weighted by atomic mass is 9.95. The molecule has 158 valence electrons. The SMILES string of the molecule is COc1ccc(C2C(=C(O)c3ccncc3)C(=O)C(=O)N2CCCn2ccnc2)cc1. The van der Waals surface area contributed by atoms with E-state index >= 15 is 0 Å². The Bertz CT molecular complexity index is 1090. The number of ketones is 1. The molecule has 8 nitrogen and oxygen atoms in total. The molecule has 0 radical (unpaired) electrons. The number of hydrogen-bond acceptors (Lipinski definition) is 6. The number of hydrogen-bond donors (Lipinski definition) is 1. The van der Waals surface area contributed by atoms with Gasteiger partial charge in [0.15, 0.2) is 0 Å². The maximum atomic E-state index is 13.0. The number of amides is 1. The minimum absolute atomic E-state index is 0.0731. The number of pyridine rings is 1. The second kappa shape index (κ2) is 8.83. The Morgan fingerprint density at radius 1 is 1.03 bits per heavy atom. The molecule has 1 amide bonds. The van der Waals surface area contributed by atoms with Gasteiger partial charge in [-0.05, 0) is 36.2 Å². The molecule has 1 atom stereocenters. The second-order valence-electron chi connectivity index (χ2n) is 7.16. The minimum Gasteiger partial charge on any atom is -0.507 e. The molecule has 1 saturated heterocycles. The van der Waals surface area contributed by atoms with Crippen LogP contribution in [0.1, 0.15) is 23.6 Å². The third-order valence-corrected chi connectivity index (χ3v) is 5.30. The molecule has 1 fully saturated rings. The Labute approximate surface area is 179 Å². The first-order chi connectivity index (χ1) is 15.1. The number of ether oxygens (including phenoxy) is 1. The molecule has 1 aromatic carbocycles. The Kier molecular flexibility index (Phi) is 5.79. The molecule has 1 aliphatic rings. The normalized spacial score (nSPS) is 17.8. The van der Waals surface area contributed by atoms with Gasteiger partial charge >= 0.3 is 0 Å². The largest absolute Gasteiger partial charge is 0.507 e. The molecule has 0 spiro atoms. The van der Waals surface area contributed by atoms with Gasteiger partial charge in [-0.25, -0.2) is 4.98 Å². The Morgan fingerprint density at radius 2 is 1.77 bits per heavy atom. The summed E-state index contributed by atoms with van der Waals surface area (Å²) in [5, 5.41) is 10.9. The summed E-state index contributed by atoms with van der Waals surface area (Å²) in [6, 6.07) is 9.67. The molecule has 4 rings (SSSR count). The fraction of sp³-hybridized carbons (Fsp3) is 0.217. The number of aryl methyl sites for hydroxylation is 1. The van der Waals surface area contributed by atoms with Crippen LogP contribution in [0.25, 0.3) is 5.76 Å². The van der Waals surface area contributed by atoms with Crippen LogP contribution in [0.15, 0.2) is 73.1 Å². The third-order valence-electron chi connectivity index (χ3n) is 5.30. The van der Waals surface area contributed by atoms with Gasteiger partial charge in [0, 0.05) is 43.4 Å². The summed E-state index contributed by atoms with van der Waals surface area (Å²) in [7, 11) is 1.57.